The van der Waals surface area contributed by atoms with Crippen LogP contribution in [0.4, 0.5) is 5.69 Å². The highest BCUT2D eigenvalue weighted by molar-refractivity contribution is 9.10. The highest BCUT2D eigenvalue weighted by atomic mass is 79.9. The number of carbonyl (C=O) groups is 1. The summed E-state index contributed by atoms with van der Waals surface area (Å²) in [5, 5.41) is 2.94. The molecule has 0 saturated heterocycles. The van der Waals surface area contributed by atoms with Gasteiger partial charge in [-0.3, -0.25) is 4.79 Å². The Hall–Kier alpha value is -1.65. The van der Waals surface area contributed by atoms with Gasteiger partial charge in [-0.1, -0.05) is 36.4 Å². The second-order valence-corrected chi connectivity index (χ2v) is 6.06. The van der Waals surface area contributed by atoms with Crippen molar-refractivity contribution in [1.29, 1.82) is 0 Å². The van der Waals surface area contributed by atoms with Gasteiger partial charge in [-0.2, -0.15) is 0 Å². The molecule has 1 atom stereocenters. The molecule has 3 nitrogen and oxygen atoms in total. The van der Waals surface area contributed by atoms with Gasteiger partial charge in [0, 0.05) is 16.9 Å². The Morgan fingerprint density at radius 2 is 1.90 bits per heavy atom. The van der Waals surface area contributed by atoms with Gasteiger partial charge in [-0.25, -0.2) is 0 Å². The molecule has 0 spiro atoms. The van der Waals surface area contributed by atoms with Crippen LogP contribution < -0.4 is 11.1 Å². The predicted molar refractivity (Wildman–Crippen MR) is 90.2 cm³/mol. The number of halogens is 1. The lowest BCUT2D eigenvalue weighted by Crippen LogP contribution is -2.21. The fraction of sp³-hybridized carbons (Fsp3) is 0.235. The maximum absolute atomic E-state index is 12.2. The minimum absolute atomic E-state index is 0.0843. The molecular weight excluding hydrogens is 328 g/mol. The van der Waals surface area contributed by atoms with Gasteiger partial charge in [0.15, 0.2) is 0 Å². The van der Waals surface area contributed by atoms with Crippen molar-refractivity contribution in [1.82, 2.24) is 0 Å². The molecule has 0 fully saturated rings. The Labute approximate surface area is 133 Å². The molecule has 21 heavy (non-hydrogen) atoms. The van der Waals surface area contributed by atoms with Gasteiger partial charge in [0.25, 0.3) is 0 Å². The number of hydrogen-bond donors (Lipinski definition) is 2. The first-order chi connectivity index (χ1) is 9.97. The third kappa shape index (κ3) is 4.16. The Bertz CT molecular complexity index is 617. The average molecular weight is 347 g/mol. The first kappa shape index (κ1) is 15.7. The molecule has 4 heteroatoms. The highest BCUT2D eigenvalue weighted by Crippen LogP contribution is 2.28. The summed E-state index contributed by atoms with van der Waals surface area (Å²) < 4.78 is 0.890. The number of rotatable bonds is 4. The smallest absolute Gasteiger partial charge is 0.226 e. The van der Waals surface area contributed by atoms with E-state index in [0.29, 0.717) is 0 Å². The van der Waals surface area contributed by atoms with Gasteiger partial charge < -0.3 is 11.1 Å². The van der Waals surface area contributed by atoms with Crippen molar-refractivity contribution in [3.05, 3.63) is 63.6 Å². The van der Waals surface area contributed by atoms with E-state index in [1.807, 2.05) is 56.3 Å². The Kier molecular flexibility index (Phi) is 5.15. The van der Waals surface area contributed by atoms with Crippen LogP contribution in [0.2, 0.25) is 0 Å². The number of aryl methyl sites for hydroxylation is 2. The van der Waals surface area contributed by atoms with Gasteiger partial charge in [-0.15, -0.1) is 0 Å². The molecule has 110 valence electrons. The van der Waals surface area contributed by atoms with E-state index in [9.17, 15) is 4.79 Å². The van der Waals surface area contributed by atoms with E-state index in [1.165, 1.54) is 0 Å². The monoisotopic (exact) mass is 346 g/mol. The number of nitrogens with one attached hydrogen (secondary N) is 1. The van der Waals surface area contributed by atoms with Crippen molar-refractivity contribution in [2.45, 2.75) is 26.3 Å². The van der Waals surface area contributed by atoms with Gasteiger partial charge in [0.2, 0.25) is 5.91 Å². The van der Waals surface area contributed by atoms with Crippen molar-refractivity contribution in [3.8, 4) is 0 Å². The van der Waals surface area contributed by atoms with Gasteiger partial charge in [0.05, 0.1) is 5.69 Å². The summed E-state index contributed by atoms with van der Waals surface area (Å²) in [6.07, 6.45) is 0.254. The molecule has 0 aliphatic rings. The van der Waals surface area contributed by atoms with E-state index >= 15 is 0 Å². The number of amides is 1. The molecule has 0 radical (unpaired) electrons. The topological polar surface area (TPSA) is 55.1 Å². The van der Waals surface area contributed by atoms with Crippen LogP contribution in [-0.4, -0.2) is 5.91 Å². The van der Waals surface area contributed by atoms with Gasteiger partial charge >= 0.3 is 0 Å². The zero-order valence-corrected chi connectivity index (χ0v) is 13.8. The maximum Gasteiger partial charge on any atom is 0.226 e. The molecule has 0 aromatic heterocycles. The predicted octanol–water partition coefficient (Wildman–Crippen LogP) is 4.09. The number of carbonyl (C=O) groups excluding carboxylic acids is 1. The van der Waals surface area contributed by atoms with Crippen molar-refractivity contribution in [2.24, 2.45) is 5.73 Å². The molecule has 3 N–H and O–H groups in total. The molecule has 0 heterocycles. The van der Waals surface area contributed by atoms with Crippen LogP contribution >= 0.6 is 15.9 Å². The summed E-state index contributed by atoms with van der Waals surface area (Å²) in [5.41, 5.74) is 10.0. The maximum atomic E-state index is 12.2. The molecule has 1 amide bonds. The molecule has 0 bridgehead atoms. The van der Waals surface area contributed by atoms with Crippen molar-refractivity contribution in [3.63, 3.8) is 0 Å². The van der Waals surface area contributed by atoms with Crippen molar-refractivity contribution in [2.75, 3.05) is 5.32 Å². The van der Waals surface area contributed by atoms with E-state index in [1.54, 1.807) is 0 Å². The number of nitrogens with two attached hydrogens (primary N) is 1. The SMILES string of the molecule is Cc1cc(C)c(NC(=O)CC(N)c2ccccc2)c(Br)c1. The Balaban J connectivity index is 2.06. The molecule has 2 aromatic rings. The second kappa shape index (κ2) is 6.87. The first-order valence-electron chi connectivity index (χ1n) is 6.84. The van der Waals surface area contributed by atoms with Crippen LogP contribution in [0.3, 0.4) is 0 Å². The van der Waals surface area contributed by atoms with Crippen LogP contribution in [-0.2, 0) is 4.79 Å². The number of anilines is 1. The Morgan fingerprint density at radius 3 is 2.52 bits per heavy atom. The molecule has 1 unspecified atom stereocenters. The van der Waals surface area contributed by atoms with E-state index in [0.717, 1.165) is 26.9 Å². The minimum atomic E-state index is -0.296. The van der Waals surface area contributed by atoms with E-state index in [4.69, 9.17) is 5.73 Å². The van der Waals surface area contributed by atoms with Gasteiger partial charge in [0.1, 0.15) is 0 Å². The van der Waals surface area contributed by atoms with Crippen LogP contribution in [0.15, 0.2) is 46.9 Å². The lowest BCUT2D eigenvalue weighted by Gasteiger charge is -2.15. The van der Waals surface area contributed by atoms with Crippen LogP contribution in [0.1, 0.15) is 29.2 Å². The second-order valence-electron chi connectivity index (χ2n) is 5.21. The van der Waals surface area contributed by atoms with Crippen LogP contribution in [0.25, 0.3) is 0 Å². The van der Waals surface area contributed by atoms with Crippen molar-refractivity contribution >= 4 is 27.5 Å². The molecule has 0 saturated carbocycles. The lowest BCUT2D eigenvalue weighted by atomic mass is 10.0. The number of benzene rings is 2. The molecule has 0 aliphatic carbocycles. The first-order valence-corrected chi connectivity index (χ1v) is 7.64. The summed E-state index contributed by atoms with van der Waals surface area (Å²) in [4.78, 5) is 12.2. The molecular formula is C17H19BrN2O. The fourth-order valence-corrected chi connectivity index (χ4v) is 3.06. The van der Waals surface area contributed by atoms with Crippen LogP contribution in [0.5, 0.6) is 0 Å². The molecule has 2 rings (SSSR count). The standard InChI is InChI=1S/C17H19BrN2O/c1-11-8-12(2)17(14(18)9-11)20-16(21)10-15(19)13-6-4-3-5-7-13/h3-9,15H,10,19H2,1-2H3,(H,20,21). The van der Waals surface area contributed by atoms with Gasteiger partial charge in [-0.05, 0) is 52.5 Å². The zero-order chi connectivity index (χ0) is 15.4. The van der Waals surface area contributed by atoms with E-state index < -0.39 is 0 Å². The molecule has 2 aromatic carbocycles. The largest absolute Gasteiger partial charge is 0.325 e. The fourth-order valence-electron chi connectivity index (χ4n) is 2.28. The van der Waals surface area contributed by atoms with Crippen LogP contribution in [0, 0.1) is 13.8 Å². The lowest BCUT2D eigenvalue weighted by molar-refractivity contribution is -0.116. The number of hydrogen-bond acceptors (Lipinski definition) is 2. The van der Waals surface area contributed by atoms with E-state index in [2.05, 4.69) is 21.2 Å². The third-order valence-corrected chi connectivity index (χ3v) is 3.95. The van der Waals surface area contributed by atoms with Crippen molar-refractivity contribution < 1.29 is 4.79 Å². The highest BCUT2D eigenvalue weighted by Gasteiger charge is 2.14. The summed E-state index contributed by atoms with van der Waals surface area (Å²) in [6, 6.07) is 13.4. The minimum Gasteiger partial charge on any atom is -0.325 e. The zero-order valence-electron chi connectivity index (χ0n) is 12.2. The summed E-state index contributed by atoms with van der Waals surface area (Å²) in [6.45, 7) is 4.00. The Morgan fingerprint density at radius 1 is 1.24 bits per heavy atom. The van der Waals surface area contributed by atoms with E-state index in [-0.39, 0.29) is 18.4 Å². The summed E-state index contributed by atoms with van der Waals surface area (Å²) >= 11 is 3.49. The average Bonchev–Trinajstić information content (AvgIpc) is 2.43. The summed E-state index contributed by atoms with van der Waals surface area (Å²) in [5.74, 6) is -0.0843. The third-order valence-electron chi connectivity index (χ3n) is 3.33. The quantitative estimate of drug-likeness (QED) is 0.875. The normalized spacial score (nSPS) is 12.0. The molecule has 0 aliphatic heterocycles. The summed E-state index contributed by atoms with van der Waals surface area (Å²) in [7, 11) is 0.